The number of halogens is 1. The molecule has 1 aliphatic rings. The molecule has 0 radical (unpaired) electrons. The van der Waals surface area contributed by atoms with Crippen LogP contribution in [0.3, 0.4) is 0 Å². The van der Waals surface area contributed by atoms with Gasteiger partial charge >= 0.3 is 0 Å². The van der Waals surface area contributed by atoms with Crippen molar-refractivity contribution in [2.45, 2.75) is 25.8 Å². The van der Waals surface area contributed by atoms with Gasteiger partial charge in [-0.25, -0.2) is 9.50 Å². The fourth-order valence-corrected chi connectivity index (χ4v) is 4.65. The zero-order chi connectivity index (χ0) is 23.5. The molecule has 174 valence electrons. The van der Waals surface area contributed by atoms with Gasteiger partial charge in [0.2, 0.25) is 0 Å². The van der Waals surface area contributed by atoms with Crippen molar-refractivity contribution in [2.75, 3.05) is 29.9 Å². The molecule has 5 rings (SSSR count). The standard InChI is InChI=1S/C26H27ClN6O/c1-2-28-20-9-12-32(13-10-20)22-8-4-7-21(16-22)30-26(34)24-11-14-33-25(31-24)23(17-29-33)18-5-3-6-19(27)15-18/h3-8,11,14-17,20,28H,2,9-10,12-13H2,1H3,(H,30,34). The number of rotatable bonds is 6. The molecular formula is C26H27ClN6O. The molecule has 7 nitrogen and oxygen atoms in total. The van der Waals surface area contributed by atoms with Crippen molar-refractivity contribution in [3.8, 4) is 11.1 Å². The third kappa shape index (κ3) is 4.76. The van der Waals surface area contributed by atoms with E-state index >= 15 is 0 Å². The summed E-state index contributed by atoms with van der Waals surface area (Å²) in [5.41, 5.74) is 4.52. The number of nitrogens with one attached hydrogen (secondary N) is 2. The van der Waals surface area contributed by atoms with E-state index in [-0.39, 0.29) is 5.91 Å². The van der Waals surface area contributed by atoms with Crippen molar-refractivity contribution in [2.24, 2.45) is 0 Å². The van der Waals surface area contributed by atoms with E-state index < -0.39 is 0 Å². The molecule has 2 aromatic heterocycles. The summed E-state index contributed by atoms with van der Waals surface area (Å²) in [5.74, 6) is -0.260. The van der Waals surface area contributed by atoms with E-state index in [1.807, 2.05) is 42.5 Å². The summed E-state index contributed by atoms with van der Waals surface area (Å²) in [6.07, 6.45) is 5.72. The summed E-state index contributed by atoms with van der Waals surface area (Å²) in [7, 11) is 0. The Morgan fingerprint density at radius 2 is 1.94 bits per heavy atom. The lowest BCUT2D eigenvalue weighted by Gasteiger charge is -2.34. The molecule has 0 atom stereocenters. The Morgan fingerprint density at radius 1 is 1.12 bits per heavy atom. The number of amides is 1. The Morgan fingerprint density at radius 3 is 2.74 bits per heavy atom. The first-order chi connectivity index (χ1) is 16.6. The van der Waals surface area contributed by atoms with E-state index in [0.29, 0.717) is 22.4 Å². The third-order valence-electron chi connectivity index (χ3n) is 6.19. The molecule has 34 heavy (non-hydrogen) atoms. The van der Waals surface area contributed by atoms with E-state index in [2.05, 4.69) is 38.6 Å². The van der Waals surface area contributed by atoms with E-state index in [0.717, 1.165) is 55.0 Å². The van der Waals surface area contributed by atoms with Crippen LogP contribution in [0.25, 0.3) is 16.8 Å². The first kappa shape index (κ1) is 22.4. The van der Waals surface area contributed by atoms with Crippen molar-refractivity contribution >= 4 is 34.5 Å². The summed E-state index contributed by atoms with van der Waals surface area (Å²) >= 11 is 6.16. The fraction of sp³-hybridized carbons (Fsp3) is 0.269. The van der Waals surface area contributed by atoms with Gasteiger partial charge in [0, 0.05) is 47.3 Å². The zero-order valence-electron chi connectivity index (χ0n) is 19.0. The lowest BCUT2D eigenvalue weighted by Crippen LogP contribution is -2.42. The number of fused-ring (bicyclic) bond motifs is 1. The number of aromatic nitrogens is 3. The Kier molecular flexibility index (Phi) is 6.47. The maximum atomic E-state index is 13.0. The second-order valence-corrected chi connectivity index (χ2v) is 8.91. The van der Waals surface area contributed by atoms with Crippen molar-refractivity contribution in [3.63, 3.8) is 0 Å². The van der Waals surface area contributed by atoms with Gasteiger partial charge in [0.25, 0.3) is 5.91 Å². The van der Waals surface area contributed by atoms with Crippen molar-refractivity contribution < 1.29 is 4.79 Å². The van der Waals surface area contributed by atoms with Crippen molar-refractivity contribution in [1.82, 2.24) is 19.9 Å². The van der Waals surface area contributed by atoms with Crippen molar-refractivity contribution in [3.05, 3.63) is 77.7 Å². The van der Waals surface area contributed by atoms with Gasteiger partial charge in [0.1, 0.15) is 5.69 Å². The van der Waals surface area contributed by atoms with Gasteiger partial charge in [0.05, 0.1) is 6.20 Å². The van der Waals surface area contributed by atoms with Gasteiger partial charge in [-0.15, -0.1) is 0 Å². The van der Waals surface area contributed by atoms with Crippen LogP contribution >= 0.6 is 11.6 Å². The summed E-state index contributed by atoms with van der Waals surface area (Å²) in [6.45, 7) is 5.16. The van der Waals surface area contributed by atoms with E-state index in [4.69, 9.17) is 11.6 Å². The van der Waals surface area contributed by atoms with Crippen molar-refractivity contribution in [1.29, 1.82) is 0 Å². The molecular weight excluding hydrogens is 448 g/mol. The van der Waals surface area contributed by atoms with E-state index in [9.17, 15) is 4.79 Å². The molecule has 1 fully saturated rings. The highest BCUT2D eigenvalue weighted by atomic mass is 35.5. The number of hydrogen-bond acceptors (Lipinski definition) is 5. The second-order valence-electron chi connectivity index (χ2n) is 8.47. The van der Waals surface area contributed by atoms with Gasteiger partial charge in [0.15, 0.2) is 5.65 Å². The fourth-order valence-electron chi connectivity index (χ4n) is 4.46. The molecule has 3 heterocycles. The van der Waals surface area contributed by atoms with Crippen LogP contribution in [0.1, 0.15) is 30.3 Å². The first-order valence-electron chi connectivity index (χ1n) is 11.6. The average Bonchev–Trinajstić information content (AvgIpc) is 3.28. The number of anilines is 2. The molecule has 0 saturated carbocycles. The molecule has 1 amide bonds. The second kappa shape index (κ2) is 9.83. The maximum Gasteiger partial charge on any atom is 0.274 e. The van der Waals surface area contributed by atoms with Crippen LogP contribution in [0.15, 0.2) is 67.0 Å². The van der Waals surface area contributed by atoms with Crippen LogP contribution < -0.4 is 15.5 Å². The van der Waals surface area contributed by atoms with E-state index in [1.54, 1.807) is 23.0 Å². The molecule has 0 bridgehead atoms. The molecule has 2 N–H and O–H groups in total. The summed E-state index contributed by atoms with van der Waals surface area (Å²) in [4.78, 5) is 20.0. The molecule has 8 heteroatoms. The topological polar surface area (TPSA) is 74.6 Å². The molecule has 0 spiro atoms. The average molecular weight is 475 g/mol. The van der Waals surface area contributed by atoms with Crippen LogP contribution in [0, 0.1) is 0 Å². The quantitative estimate of drug-likeness (QED) is 0.416. The SMILES string of the molecule is CCNC1CCN(c2cccc(NC(=O)c3ccn4ncc(-c5cccc(Cl)c5)c4n3)c2)CC1. The molecule has 0 aliphatic carbocycles. The molecule has 0 unspecified atom stereocenters. The minimum atomic E-state index is -0.260. The van der Waals surface area contributed by atoms with Crippen LogP contribution in [0.4, 0.5) is 11.4 Å². The largest absolute Gasteiger partial charge is 0.371 e. The maximum absolute atomic E-state index is 13.0. The van der Waals surface area contributed by atoms with Gasteiger partial charge in [-0.05, 0) is 61.3 Å². The van der Waals surface area contributed by atoms with Gasteiger partial charge in [-0.2, -0.15) is 5.10 Å². The normalized spacial score (nSPS) is 14.5. The highest BCUT2D eigenvalue weighted by molar-refractivity contribution is 6.30. The van der Waals surface area contributed by atoms with Crippen LogP contribution in [0.5, 0.6) is 0 Å². The Labute approximate surface area is 203 Å². The summed E-state index contributed by atoms with van der Waals surface area (Å²) in [5, 5.41) is 11.5. The number of piperidine rings is 1. The minimum Gasteiger partial charge on any atom is -0.371 e. The predicted molar refractivity (Wildman–Crippen MR) is 137 cm³/mol. The number of carbonyl (C=O) groups is 1. The monoisotopic (exact) mass is 474 g/mol. The Balaban J connectivity index is 1.33. The van der Waals surface area contributed by atoms with Crippen LogP contribution in [0.2, 0.25) is 5.02 Å². The summed E-state index contributed by atoms with van der Waals surface area (Å²) in [6, 6.07) is 17.8. The number of nitrogens with zero attached hydrogens (tertiary/aromatic N) is 4. The summed E-state index contributed by atoms with van der Waals surface area (Å²) < 4.78 is 1.66. The Hall–Kier alpha value is -3.42. The third-order valence-corrected chi connectivity index (χ3v) is 6.43. The molecule has 4 aromatic rings. The predicted octanol–water partition coefficient (Wildman–Crippen LogP) is 4.88. The zero-order valence-corrected chi connectivity index (χ0v) is 19.8. The highest BCUT2D eigenvalue weighted by Gasteiger charge is 2.19. The Bertz CT molecular complexity index is 1310. The van der Waals surface area contributed by atoms with Crippen LogP contribution in [-0.4, -0.2) is 46.2 Å². The molecule has 1 aliphatic heterocycles. The minimum absolute atomic E-state index is 0.260. The van der Waals surface area contributed by atoms with Gasteiger partial charge in [-0.3, -0.25) is 4.79 Å². The van der Waals surface area contributed by atoms with Gasteiger partial charge < -0.3 is 15.5 Å². The molecule has 1 saturated heterocycles. The number of carbonyl (C=O) groups excluding carboxylic acids is 1. The lowest BCUT2D eigenvalue weighted by molar-refractivity contribution is 0.102. The van der Waals surface area contributed by atoms with Gasteiger partial charge in [-0.1, -0.05) is 36.7 Å². The number of hydrogen-bond donors (Lipinski definition) is 2. The smallest absolute Gasteiger partial charge is 0.274 e. The first-order valence-corrected chi connectivity index (χ1v) is 12.0. The van der Waals surface area contributed by atoms with E-state index in [1.165, 1.54) is 0 Å². The highest BCUT2D eigenvalue weighted by Crippen LogP contribution is 2.27. The molecule has 2 aromatic carbocycles. The number of benzene rings is 2. The lowest BCUT2D eigenvalue weighted by atomic mass is 10.0. The van der Waals surface area contributed by atoms with Crippen LogP contribution in [-0.2, 0) is 0 Å².